The van der Waals surface area contributed by atoms with E-state index >= 15 is 0 Å². The average Bonchev–Trinajstić information content (AvgIpc) is 2.39. The molecule has 0 aromatic heterocycles. The van der Waals surface area contributed by atoms with Gasteiger partial charge in [-0.15, -0.1) is 13.2 Å². The van der Waals surface area contributed by atoms with Crippen LogP contribution in [0.2, 0.25) is 0 Å². The molecule has 0 bridgehead atoms. The molecule has 0 heterocycles. The molecule has 0 N–H and O–H groups in total. The minimum Gasteiger partial charge on any atom is -0.497 e. The third-order valence-electron chi connectivity index (χ3n) is 2.60. The highest BCUT2D eigenvalue weighted by Gasteiger charge is 2.38. The highest BCUT2D eigenvalue weighted by Crippen LogP contribution is 2.36. The van der Waals surface area contributed by atoms with Crippen LogP contribution in [0, 0.1) is 0 Å². The lowest BCUT2D eigenvalue weighted by Gasteiger charge is -2.27. The summed E-state index contributed by atoms with van der Waals surface area (Å²) in [7, 11) is 1.47. The normalized spacial score (nSPS) is 11.2. The van der Waals surface area contributed by atoms with Crippen molar-refractivity contribution in [1.82, 2.24) is 0 Å². The molecule has 0 atom stereocenters. The Morgan fingerprint density at radius 1 is 0.842 bits per heavy atom. The van der Waals surface area contributed by atoms with E-state index in [2.05, 4.69) is 0 Å². The van der Waals surface area contributed by atoms with Crippen LogP contribution in [0.4, 0.5) is 24.5 Å². The summed E-state index contributed by atoms with van der Waals surface area (Å²) < 4.78 is 44.4. The average molecular weight is 267 g/mol. The van der Waals surface area contributed by atoms with E-state index in [1.54, 1.807) is 18.2 Å². The zero-order valence-corrected chi connectivity index (χ0v) is 10.2. The number of benzene rings is 2. The Balaban J connectivity index is 2.43. The zero-order chi connectivity index (χ0) is 13.9. The third kappa shape index (κ3) is 2.99. The minimum absolute atomic E-state index is 0.0412. The van der Waals surface area contributed by atoms with E-state index in [0.29, 0.717) is 10.6 Å². The number of ether oxygens (including phenoxy) is 1. The van der Waals surface area contributed by atoms with Gasteiger partial charge in [0, 0.05) is 11.4 Å². The van der Waals surface area contributed by atoms with E-state index in [4.69, 9.17) is 4.74 Å². The topological polar surface area (TPSA) is 12.5 Å². The Labute approximate surface area is 109 Å². The molecule has 5 heteroatoms. The van der Waals surface area contributed by atoms with Gasteiger partial charge in [0.2, 0.25) is 0 Å². The molecule has 100 valence electrons. The number of halogens is 3. The summed E-state index contributed by atoms with van der Waals surface area (Å²) in [5.74, 6) is 0.513. The summed E-state index contributed by atoms with van der Waals surface area (Å²) in [5.41, 5.74) is 0.111. The van der Waals surface area contributed by atoms with Gasteiger partial charge in [0.15, 0.2) is 0 Å². The molecule has 0 unspecified atom stereocenters. The maximum absolute atomic E-state index is 13.2. The molecule has 0 amide bonds. The lowest BCUT2D eigenvalue weighted by molar-refractivity contribution is -0.120. The van der Waals surface area contributed by atoms with Gasteiger partial charge in [-0.25, -0.2) is 0 Å². The second-order valence-electron chi connectivity index (χ2n) is 3.84. The predicted molar refractivity (Wildman–Crippen MR) is 67.6 cm³/mol. The van der Waals surface area contributed by atoms with E-state index in [9.17, 15) is 13.2 Å². The van der Waals surface area contributed by atoms with Crippen LogP contribution in [0.5, 0.6) is 5.75 Å². The maximum Gasteiger partial charge on any atom is 0.489 e. The molecule has 2 aromatic carbocycles. The Morgan fingerprint density at radius 2 is 1.37 bits per heavy atom. The Kier molecular flexibility index (Phi) is 3.64. The standard InChI is InChI=1S/C14H12F3NO/c1-19-13-9-7-12(8-10-13)18(14(15,16)17)11-5-3-2-4-6-11/h2-10H,1H3. The Hall–Kier alpha value is -2.17. The number of hydrogen-bond acceptors (Lipinski definition) is 2. The Bertz CT molecular complexity index is 523. The van der Waals surface area contributed by atoms with Crippen molar-refractivity contribution in [3.8, 4) is 5.75 Å². The zero-order valence-electron chi connectivity index (χ0n) is 10.2. The van der Waals surface area contributed by atoms with Crippen LogP contribution in [0.1, 0.15) is 0 Å². The monoisotopic (exact) mass is 267 g/mol. The van der Waals surface area contributed by atoms with Crippen molar-refractivity contribution in [3.05, 3.63) is 54.6 Å². The molecule has 0 fully saturated rings. The van der Waals surface area contributed by atoms with Gasteiger partial charge in [0.25, 0.3) is 0 Å². The number of para-hydroxylation sites is 1. The number of methoxy groups -OCH3 is 1. The van der Waals surface area contributed by atoms with Crippen LogP contribution >= 0.6 is 0 Å². The lowest BCUT2D eigenvalue weighted by atomic mass is 10.2. The van der Waals surface area contributed by atoms with Crippen molar-refractivity contribution in [3.63, 3.8) is 0 Å². The van der Waals surface area contributed by atoms with Crippen molar-refractivity contribution in [2.24, 2.45) is 0 Å². The molecule has 0 aliphatic carbocycles. The SMILES string of the molecule is COc1ccc(N(c2ccccc2)C(F)(F)F)cc1. The van der Waals surface area contributed by atoms with Crippen LogP contribution in [-0.4, -0.2) is 13.4 Å². The van der Waals surface area contributed by atoms with Crippen LogP contribution in [0.3, 0.4) is 0 Å². The van der Waals surface area contributed by atoms with E-state index in [0.717, 1.165) is 0 Å². The number of alkyl halides is 3. The molecule has 0 aliphatic rings. The molecule has 2 rings (SSSR count). The number of rotatable bonds is 3. The summed E-state index contributed by atoms with van der Waals surface area (Å²) in [6, 6.07) is 13.4. The van der Waals surface area contributed by atoms with Gasteiger partial charge >= 0.3 is 6.30 Å². The molecule has 0 aliphatic heterocycles. The molecule has 2 aromatic rings. The van der Waals surface area contributed by atoms with Gasteiger partial charge in [0.1, 0.15) is 5.75 Å². The summed E-state index contributed by atoms with van der Waals surface area (Å²) in [6.45, 7) is 0. The second kappa shape index (κ2) is 5.22. The lowest BCUT2D eigenvalue weighted by Crippen LogP contribution is -2.33. The fourth-order valence-electron chi connectivity index (χ4n) is 1.75. The molecule has 19 heavy (non-hydrogen) atoms. The molecule has 0 spiro atoms. The first-order chi connectivity index (χ1) is 9.02. The Morgan fingerprint density at radius 3 is 1.84 bits per heavy atom. The van der Waals surface area contributed by atoms with Crippen molar-refractivity contribution in [2.45, 2.75) is 6.30 Å². The summed E-state index contributed by atoms with van der Waals surface area (Å²) in [6.07, 6.45) is -4.49. The first-order valence-corrected chi connectivity index (χ1v) is 5.58. The summed E-state index contributed by atoms with van der Waals surface area (Å²) in [4.78, 5) is 0.326. The van der Waals surface area contributed by atoms with Crippen LogP contribution in [-0.2, 0) is 0 Å². The number of hydrogen-bond donors (Lipinski definition) is 0. The van der Waals surface area contributed by atoms with Gasteiger partial charge in [0.05, 0.1) is 7.11 Å². The van der Waals surface area contributed by atoms with Gasteiger partial charge in [-0.2, -0.15) is 0 Å². The molecule has 2 nitrogen and oxygen atoms in total. The van der Waals surface area contributed by atoms with E-state index in [1.165, 1.54) is 43.5 Å². The molecule has 0 radical (unpaired) electrons. The highest BCUT2D eigenvalue weighted by molar-refractivity contribution is 5.64. The predicted octanol–water partition coefficient (Wildman–Crippen LogP) is 4.35. The second-order valence-corrected chi connectivity index (χ2v) is 3.84. The number of nitrogens with zero attached hydrogens (tertiary/aromatic N) is 1. The first-order valence-electron chi connectivity index (χ1n) is 5.58. The quantitative estimate of drug-likeness (QED) is 0.766. The fraction of sp³-hybridized carbons (Fsp3) is 0.143. The van der Waals surface area contributed by atoms with E-state index in [1.807, 2.05) is 0 Å². The van der Waals surface area contributed by atoms with Crippen LogP contribution in [0.15, 0.2) is 54.6 Å². The highest BCUT2D eigenvalue weighted by atomic mass is 19.4. The van der Waals surface area contributed by atoms with E-state index in [-0.39, 0.29) is 11.4 Å². The van der Waals surface area contributed by atoms with Crippen molar-refractivity contribution >= 4 is 11.4 Å². The molecule has 0 saturated heterocycles. The number of anilines is 2. The van der Waals surface area contributed by atoms with Crippen molar-refractivity contribution in [1.29, 1.82) is 0 Å². The minimum atomic E-state index is -4.49. The van der Waals surface area contributed by atoms with Gasteiger partial charge in [-0.3, -0.25) is 4.90 Å². The van der Waals surface area contributed by atoms with Crippen molar-refractivity contribution < 1.29 is 17.9 Å². The summed E-state index contributed by atoms with van der Waals surface area (Å²) in [5, 5.41) is 0. The van der Waals surface area contributed by atoms with E-state index < -0.39 is 6.30 Å². The van der Waals surface area contributed by atoms with Gasteiger partial charge in [-0.1, -0.05) is 18.2 Å². The maximum atomic E-state index is 13.2. The molecule has 0 saturated carbocycles. The third-order valence-corrected chi connectivity index (χ3v) is 2.60. The largest absolute Gasteiger partial charge is 0.497 e. The van der Waals surface area contributed by atoms with Gasteiger partial charge in [-0.05, 0) is 36.4 Å². The summed E-state index contributed by atoms with van der Waals surface area (Å²) >= 11 is 0. The van der Waals surface area contributed by atoms with Crippen molar-refractivity contribution in [2.75, 3.05) is 12.0 Å². The first kappa shape index (κ1) is 13.3. The fourth-order valence-corrected chi connectivity index (χ4v) is 1.75. The smallest absolute Gasteiger partial charge is 0.489 e. The molecular formula is C14H12F3NO. The van der Waals surface area contributed by atoms with Gasteiger partial charge < -0.3 is 4.74 Å². The molecular weight excluding hydrogens is 255 g/mol. The van der Waals surface area contributed by atoms with Crippen LogP contribution in [0.25, 0.3) is 0 Å². The van der Waals surface area contributed by atoms with Crippen LogP contribution < -0.4 is 9.64 Å².